The van der Waals surface area contributed by atoms with Gasteiger partial charge in [-0.2, -0.15) is 0 Å². The van der Waals surface area contributed by atoms with Gasteiger partial charge < -0.3 is 0 Å². The van der Waals surface area contributed by atoms with Gasteiger partial charge in [0.2, 0.25) is 0 Å². The van der Waals surface area contributed by atoms with E-state index in [-0.39, 0.29) is 5.78 Å². The Morgan fingerprint density at radius 2 is 1.83 bits per heavy atom. The van der Waals surface area contributed by atoms with E-state index in [2.05, 4.69) is 0 Å². The average molecular weight is 257 g/mol. The highest BCUT2D eigenvalue weighted by Crippen LogP contribution is 2.16. The Morgan fingerprint density at radius 1 is 1.11 bits per heavy atom. The summed E-state index contributed by atoms with van der Waals surface area (Å²) < 4.78 is 0. The van der Waals surface area contributed by atoms with Gasteiger partial charge in [-0.15, -0.1) is 0 Å². The molecule has 0 radical (unpaired) electrons. The van der Waals surface area contributed by atoms with E-state index in [1.807, 2.05) is 49.4 Å². The largest absolute Gasteiger partial charge is 0.289 e. The predicted octanol–water partition coefficient (Wildman–Crippen LogP) is 4.54. The van der Waals surface area contributed by atoms with Crippen LogP contribution in [0.1, 0.15) is 21.5 Å². The number of benzene rings is 2. The van der Waals surface area contributed by atoms with E-state index in [1.54, 1.807) is 18.2 Å². The zero-order chi connectivity index (χ0) is 13.0. The molecule has 0 aromatic heterocycles. The minimum Gasteiger partial charge on any atom is -0.289 e. The fourth-order valence-corrected chi connectivity index (χ4v) is 1.86. The van der Waals surface area contributed by atoms with E-state index in [9.17, 15) is 4.79 Å². The number of hydrogen-bond donors (Lipinski definition) is 0. The van der Waals surface area contributed by atoms with Crippen LogP contribution >= 0.6 is 11.6 Å². The lowest BCUT2D eigenvalue weighted by atomic mass is 10.0. The minimum atomic E-state index is -0.0288. The molecule has 2 heteroatoms. The lowest BCUT2D eigenvalue weighted by Crippen LogP contribution is -1.97. The van der Waals surface area contributed by atoms with Crippen LogP contribution in [0.2, 0.25) is 5.02 Å². The van der Waals surface area contributed by atoms with Crippen LogP contribution in [-0.4, -0.2) is 5.78 Å². The smallest absolute Gasteiger partial charge is 0.186 e. The van der Waals surface area contributed by atoms with Crippen molar-refractivity contribution in [3.63, 3.8) is 0 Å². The second-order valence-electron chi connectivity index (χ2n) is 4.07. The van der Waals surface area contributed by atoms with Crippen LogP contribution in [0.25, 0.3) is 6.08 Å². The van der Waals surface area contributed by atoms with Gasteiger partial charge in [0.15, 0.2) is 5.78 Å². The zero-order valence-corrected chi connectivity index (χ0v) is 10.8. The van der Waals surface area contributed by atoms with Crippen molar-refractivity contribution in [2.75, 3.05) is 0 Å². The molecule has 0 spiro atoms. The molecule has 2 aromatic carbocycles. The molecule has 0 saturated heterocycles. The first-order chi connectivity index (χ1) is 8.66. The SMILES string of the molecule is Cc1ccc(Cl)cc1C(=O)/C=C/c1ccccc1. The fourth-order valence-electron chi connectivity index (χ4n) is 1.69. The normalized spacial score (nSPS) is 10.8. The van der Waals surface area contributed by atoms with Crippen molar-refractivity contribution in [1.29, 1.82) is 0 Å². The number of carbonyl (C=O) groups excluding carboxylic acids is 1. The first kappa shape index (κ1) is 12.6. The monoisotopic (exact) mass is 256 g/mol. The molecule has 0 bridgehead atoms. The predicted molar refractivity (Wildman–Crippen MR) is 76.0 cm³/mol. The summed E-state index contributed by atoms with van der Waals surface area (Å²) in [5.41, 5.74) is 2.59. The van der Waals surface area contributed by atoms with Crippen molar-refractivity contribution in [2.45, 2.75) is 6.92 Å². The summed E-state index contributed by atoms with van der Waals surface area (Å²) >= 11 is 5.90. The molecule has 0 aliphatic rings. The van der Waals surface area contributed by atoms with Crippen LogP contribution in [0.5, 0.6) is 0 Å². The molecule has 18 heavy (non-hydrogen) atoms. The molecule has 0 aliphatic carbocycles. The Hall–Kier alpha value is -1.86. The standard InChI is InChI=1S/C16H13ClO/c1-12-7-9-14(17)11-15(12)16(18)10-8-13-5-3-2-4-6-13/h2-11H,1H3/b10-8+. The molecule has 2 aromatic rings. The van der Waals surface area contributed by atoms with Gasteiger partial charge in [0.25, 0.3) is 0 Å². The summed E-state index contributed by atoms with van der Waals surface area (Å²) in [6, 6.07) is 15.1. The van der Waals surface area contributed by atoms with E-state index in [4.69, 9.17) is 11.6 Å². The summed E-state index contributed by atoms with van der Waals surface area (Å²) in [6.07, 6.45) is 3.39. The van der Waals surface area contributed by atoms with E-state index < -0.39 is 0 Å². The number of ketones is 1. The third-order valence-corrected chi connectivity index (χ3v) is 2.93. The molecular weight excluding hydrogens is 244 g/mol. The van der Waals surface area contributed by atoms with Crippen molar-refractivity contribution < 1.29 is 4.79 Å². The van der Waals surface area contributed by atoms with Gasteiger partial charge in [0.1, 0.15) is 0 Å². The van der Waals surface area contributed by atoms with E-state index in [1.165, 1.54) is 0 Å². The quantitative estimate of drug-likeness (QED) is 0.582. The minimum absolute atomic E-state index is 0.0288. The highest BCUT2D eigenvalue weighted by Gasteiger charge is 2.06. The van der Waals surface area contributed by atoms with Crippen molar-refractivity contribution >= 4 is 23.5 Å². The van der Waals surface area contributed by atoms with Crippen LogP contribution in [0.3, 0.4) is 0 Å². The number of aryl methyl sites for hydroxylation is 1. The molecule has 1 nitrogen and oxygen atoms in total. The Morgan fingerprint density at radius 3 is 2.56 bits per heavy atom. The molecular formula is C16H13ClO. The first-order valence-corrected chi connectivity index (χ1v) is 6.08. The fraction of sp³-hybridized carbons (Fsp3) is 0.0625. The van der Waals surface area contributed by atoms with Crippen LogP contribution in [0.15, 0.2) is 54.6 Å². The maximum Gasteiger partial charge on any atom is 0.186 e. The summed E-state index contributed by atoms with van der Waals surface area (Å²) in [6.45, 7) is 1.90. The number of hydrogen-bond acceptors (Lipinski definition) is 1. The molecule has 0 amide bonds. The van der Waals surface area contributed by atoms with Gasteiger partial charge in [-0.3, -0.25) is 4.79 Å². The highest BCUT2D eigenvalue weighted by atomic mass is 35.5. The summed E-state index contributed by atoms with van der Waals surface area (Å²) in [7, 11) is 0. The maximum absolute atomic E-state index is 12.0. The Bertz CT molecular complexity index is 585. The van der Waals surface area contributed by atoms with Crippen LogP contribution in [0, 0.1) is 6.92 Å². The molecule has 90 valence electrons. The first-order valence-electron chi connectivity index (χ1n) is 5.70. The topological polar surface area (TPSA) is 17.1 Å². The highest BCUT2D eigenvalue weighted by molar-refractivity contribution is 6.31. The van der Waals surface area contributed by atoms with E-state index >= 15 is 0 Å². The summed E-state index contributed by atoms with van der Waals surface area (Å²) in [4.78, 5) is 12.0. The van der Waals surface area contributed by atoms with Gasteiger partial charge in [-0.1, -0.05) is 54.1 Å². The third-order valence-electron chi connectivity index (χ3n) is 2.69. The maximum atomic E-state index is 12.0. The Kier molecular flexibility index (Phi) is 3.96. The van der Waals surface area contributed by atoms with Gasteiger partial charge in [-0.25, -0.2) is 0 Å². The second kappa shape index (κ2) is 5.65. The Balaban J connectivity index is 2.22. The lowest BCUT2D eigenvalue weighted by Gasteiger charge is -2.02. The lowest BCUT2D eigenvalue weighted by molar-refractivity contribution is 0.104. The number of halogens is 1. The number of carbonyl (C=O) groups is 1. The van der Waals surface area contributed by atoms with Crippen LogP contribution in [-0.2, 0) is 0 Å². The van der Waals surface area contributed by atoms with Crippen molar-refractivity contribution in [3.05, 3.63) is 76.3 Å². The van der Waals surface area contributed by atoms with Crippen molar-refractivity contribution in [3.8, 4) is 0 Å². The van der Waals surface area contributed by atoms with Crippen molar-refractivity contribution in [2.24, 2.45) is 0 Å². The number of allylic oxidation sites excluding steroid dienone is 1. The molecule has 0 N–H and O–H groups in total. The van der Waals surface area contributed by atoms with Gasteiger partial charge in [0.05, 0.1) is 0 Å². The number of rotatable bonds is 3. The third kappa shape index (κ3) is 3.08. The van der Waals surface area contributed by atoms with E-state index in [0.717, 1.165) is 11.1 Å². The molecule has 0 atom stereocenters. The molecule has 0 unspecified atom stereocenters. The van der Waals surface area contributed by atoms with Gasteiger partial charge in [0, 0.05) is 10.6 Å². The molecule has 0 heterocycles. The van der Waals surface area contributed by atoms with Gasteiger partial charge >= 0.3 is 0 Å². The Labute approximate surface area is 112 Å². The van der Waals surface area contributed by atoms with E-state index in [0.29, 0.717) is 10.6 Å². The summed E-state index contributed by atoms with van der Waals surface area (Å²) in [5, 5.41) is 0.581. The summed E-state index contributed by atoms with van der Waals surface area (Å²) in [5.74, 6) is -0.0288. The zero-order valence-electron chi connectivity index (χ0n) is 10.1. The molecule has 0 aliphatic heterocycles. The average Bonchev–Trinajstić information content (AvgIpc) is 2.40. The molecule has 0 saturated carbocycles. The second-order valence-corrected chi connectivity index (χ2v) is 4.50. The van der Waals surface area contributed by atoms with Crippen molar-refractivity contribution in [1.82, 2.24) is 0 Å². The molecule has 0 fully saturated rings. The molecule has 2 rings (SSSR count). The van der Waals surface area contributed by atoms with Crippen LogP contribution < -0.4 is 0 Å². The van der Waals surface area contributed by atoms with Crippen LogP contribution in [0.4, 0.5) is 0 Å². The van der Waals surface area contributed by atoms with Gasteiger partial charge in [-0.05, 0) is 36.3 Å².